The number of rotatable bonds is 5. The Bertz CT molecular complexity index is 453. The Hall–Kier alpha value is -1.65. The van der Waals surface area contributed by atoms with E-state index in [9.17, 15) is 0 Å². The first-order chi connectivity index (χ1) is 8.35. The molecule has 2 aromatic rings. The fourth-order valence-corrected chi connectivity index (χ4v) is 1.96. The molecule has 90 valence electrons. The number of hydrazine groups is 1. The molecule has 4 nitrogen and oxygen atoms in total. The number of pyridine rings is 1. The van der Waals surface area contributed by atoms with Gasteiger partial charge in [0.15, 0.2) is 0 Å². The van der Waals surface area contributed by atoms with Gasteiger partial charge in [-0.25, -0.2) is 0 Å². The smallest absolute Gasteiger partial charge is 0.108 e. The summed E-state index contributed by atoms with van der Waals surface area (Å²) in [5, 5.41) is 0. The molecule has 2 rings (SSSR count). The highest BCUT2D eigenvalue weighted by Gasteiger charge is 2.16. The quantitative estimate of drug-likeness (QED) is 0.610. The van der Waals surface area contributed by atoms with Crippen LogP contribution in [-0.4, -0.2) is 4.98 Å². The minimum Gasteiger partial charge on any atom is -0.469 e. The molecule has 0 radical (unpaired) electrons. The van der Waals surface area contributed by atoms with Gasteiger partial charge >= 0.3 is 0 Å². The maximum Gasteiger partial charge on any atom is 0.108 e. The molecule has 0 bridgehead atoms. The third-order valence-electron chi connectivity index (χ3n) is 2.87. The molecule has 0 aliphatic heterocycles. The molecule has 0 aromatic carbocycles. The van der Waals surface area contributed by atoms with E-state index in [1.165, 1.54) is 5.56 Å². The van der Waals surface area contributed by atoms with Gasteiger partial charge in [-0.15, -0.1) is 0 Å². The van der Waals surface area contributed by atoms with E-state index in [0.29, 0.717) is 0 Å². The molecule has 0 aliphatic rings. The zero-order valence-electron chi connectivity index (χ0n) is 9.89. The van der Waals surface area contributed by atoms with E-state index in [-0.39, 0.29) is 6.04 Å². The number of furan rings is 1. The zero-order valence-corrected chi connectivity index (χ0v) is 9.89. The van der Waals surface area contributed by atoms with E-state index < -0.39 is 0 Å². The number of aromatic nitrogens is 1. The molecule has 1 unspecified atom stereocenters. The highest BCUT2D eigenvalue weighted by Crippen LogP contribution is 2.22. The maximum absolute atomic E-state index is 5.63. The van der Waals surface area contributed by atoms with Crippen LogP contribution in [0.4, 0.5) is 0 Å². The lowest BCUT2D eigenvalue weighted by atomic mass is 10.00. The largest absolute Gasteiger partial charge is 0.469 e. The minimum atomic E-state index is 0.0751. The molecule has 0 saturated heterocycles. The molecule has 4 heteroatoms. The van der Waals surface area contributed by atoms with Gasteiger partial charge in [-0.05, 0) is 30.2 Å². The number of aryl methyl sites for hydroxylation is 1. The lowest BCUT2D eigenvalue weighted by molar-refractivity contribution is 0.487. The van der Waals surface area contributed by atoms with Gasteiger partial charge in [0.05, 0.1) is 12.3 Å². The van der Waals surface area contributed by atoms with Crippen molar-refractivity contribution in [1.29, 1.82) is 0 Å². The summed E-state index contributed by atoms with van der Waals surface area (Å²) in [5.41, 5.74) is 5.18. The normalized spacial score (nSPS) is 12.6. The van der Waals surface area contributed by atoms with Gasteiger partial charge in [-0.2, -0.15) is 0 Å². The molecule has 0 aliphatic carbocycles. The second kappa shape index (κ2) is 5.61. The summed E-state index contributed by atoms with van der Waals surface area (Å²) in [5.74, 6) is 6.62. The van der Waals surface area contributed by atoms with Crippen molar-refractivity contribution in [2.24, 2.45) is 5.84 Å². The van der Waals surface area contributed by atoms with Crippen molar-refractivity contribution >= 4 is 0 Å². The van der Waals surface area contributed by atoms with Crippen LogP contribution in [0, 0.1) is 0 Å². The Morgan fingerprint density at radius 1 is 1.35 bits per heavy atom. The molecule has 0 spiro atoms. The first-order valence-electron chi connectivity index (χ1n) is 5.76. The van der Waals surface area contributed by atoms with Crippen molar-refractivity contribution in [2.75, 3.05) is 0 Å². The van der Waals surface area contributed by atoms with Crippen LogP contribution in [0.3, 0.4) is 0 Å². The van der Waals surface area contributed by atoms with Crippen LogP contribution in [-0.2, 0) is 12.8 Å². The molecular weight excluding hydrogens is 214 g/mol. The molecule has 2 aromatic heterocycles. The Kier molecular flexibility index (Phi) is 3.90. The zero-order chi connectivity index (χ0) is 12.1. The second-order valence-electron chi connectivity index (χ2n) is 3.93. The van der Waals surface area contributed by atoms with E-state index in [4.69, 9.17) is 10.3 Å². The third-order valence-corrected chi connectivity index (χ3v) is 2.87. The first kappa shape index (κ1) is 11.8. The van der Waals surface area contributed by atoms with Crippen LogP contribution in [0.25, 0.3) is 0 Å². The summed E-state index contributed by atoms with van der Waals surface area (Å²) in [6, 6.07) is 6.04. The highest BCUT2D eigenvalue weighted by atomic mass is 16.3. The standard InChI is InChI=1S/C13H17N3O/c1-2-13-11(5-8-17-13)12(16-14)9-10-3-6-15-7-4-10/h3-8,12,16H,2,9,14H2,1H3. The number of nitrogens with zero attached hydrogens (tertiary/aromatic N) is 1. The highest BCUT2D eigenvalue weighted by molar-refractivity contribution is 5.24. The van der Waals surface area contributed by atoms with Crippen LogP contribution in [0.15, 0.2) is 41.3 Å². The van der Waals surface area contributed by atoms with Gasteiger partial charge in [0.2, 0.25) is 0 Å². The lowest BCUT2D eigenvalue weighted by Crippen LogP contribution is -2.29. The van der Waals surface area contributed by atoms with E-state index in [1.807, 2.05) is 18.2 Å². The summed E-state index contributed by atoms with van der Waals surface area (Å²) in [6.07, 6.45) is 6.99. The number of nitrogens with one attached hydrogen (secondary N) is 1. The van der Waals surface area contributed by atoms with Gasteiger partial charge < -0.3 is 4.42 Å². The SMILES string of the molecule is CCc1occc1C(Cc1ccncc1)NN. The fourth-order valence-electron chi connectivity index (χ4n) is 1.96. The molecule has 3 N–H and O–H groups in total. The van der Waals surface area contributed by atoms with Crippen LogP contribution in [0.2, 0.25) is 0 Å². The minimum absolute atomic E-state index is 0.0751. The summed E-state index contributed by atoms with van der Waals surface area (Å²) < 4.78 is 5.43. The van der Waals surface area contributed by atoms with Crippen LogP contribution in [0.1, 0.15) is 29.9 Å². The van der Waals surface area contributed by atoms with Crippen molar-refractivity contribution in [3.8, 4) is 0 Å². The molecule has 0 fully saturated rings. The van der Waals surface area contributed by atoms with Gasteiger partial charge in [-0.1, -0.05) is 6.92 Å². The maximum atomic E-state index is 5.63. The number of nitrogens with two attached hydrogens (primary N) is 1. The van der Waals surface area contributed by atoms with Crippen molar-refractivity contribution in [1.82, 2.24) is 10.4 Å². The van der Waals surface area contributed by atoms with Gasteiger partial charge in [0, 0.05) is 24.4 Å². The molecule has 1 atom stereocenters. The molecule has 0 amide bonds. The van der Waals surface area contributed by atoms with E-state index >= 15 is 0 Å². The van der Waals surface area contributed by atoms with Gasteiger partial charge in [0.1, 0.15) is 5.76 Å². The predicted molar refractivity (Wildman–Crippen MR) is 66.1 cm³/mol. The Morgan fingerprint density at radius 2 is 2.12 bits per heavy atom. The molecule has 2 heterocycles. The Balaban J connectivity index is 2.17. The van der Waals surface area contributed by atoms with Gasteiger partial charge in [0.25, 0.3) is 0 Å². The third kappa shape index (κ3) is 2.72. The summed E-state index contributed by atoms with van der Waals surface area (Å²) in [7, 11) is 0. The van der Waals surface area contributed by atoms with E-state index in [0.717, 1.165) is 24.2 Å². The number of hydrogen-bond donors (Lipinski definition) is 2. The first-order valence-corrected chi connectivity index (χ1v) is 5.76. The lowest BCUT2D eigenvalue weighted by Gasteiger charge is -2.15. The van der Waals surface area contributed by atoms with Crippen molar-refractivity contribution in [2.45, 2.75) is 25.8 Å². The molecule has 17 heavy (non-hydrogen) atoms. The summed E-state index contributed by atoms with van der Waals surface area (Å²) in [4.78, 5) is 4.00. The average Bonchev–Trinajstić information content (AvgIpc) is 2.85. The van der Waals surface area contributed by atoms with E-state index in [1.54, 1.807) is 18.7 Å². The van der Waals surface area contributed by atoms with Crippen LogP contribution < -0.4 is 11.3 Å². The van der Waals surface area contributed by atoms with Crippen LogP contribution >= 0.6 is 0 Å². The number of hydrogen-bond acceptors (Lipinski definition) is 4. The van der Waals surface area contributed by atoms with Crippen LogP contribution in [0.5, 0.6) is 0 Å². The summed E-state index contributed by atoms with van der Waals surface area (Å²) >= 11 is 0. The summed E-state index contributed by atoms with van der Waals surface area (Å²) in [6.45, 7) is 2.07. The Morgan fingerprint density at radius 3 is 2.76 bits per heavy atom. The van der Waals surface area contributed by atoms with Crippen molar-refractivity contribution in [3.05, 3.63) is 53.7 Å². The second-order valence-corrected chi connectivity index (χ2v) is 3.93. The topological polar surface area (TPSA) is 64.1 Å². The molecule has 0 saturated carbocycles. The van der Waals surface area contributed by atoms with Crippen molar-refractivity contribution in [3.63, 3.8) is 0 Å². The van der Waals surface area contributed by atoms with E-state index in [2.05, 4.69) is 17.3 Å². The van der Waals surface area contributed by atoms with Crippen molar-refractivity contribution < 1.29 is 4.42 Å². The average molecular weight is 231 g/mol. The predicted octanol–water partition coefficient (Wildman–Crippen LogP) is 1.98. The monoisotopic (exact) mass is 231 g/mol. The molecular formula is C13H17N3O. The van der Waals surface area contributed by atoms with Gasteiger partial charge in [-0.3, -0.25) is 16.3 Å². The fraction of sp³-hybridized carbons (Fsp3) is 0.308. The Labute approximate surface area is 101 Å².